The monoisotopic (exact) mass is 275 g/mol. The van der Waals surface area contributed by atoms with Crippen LogP contribution in [0.5, 0.6) is 0 Å². The van der Waals surface area contributed by atoms with Crippen LogP contribution in [-0.2, 0) is 16.0 Å². The number of benzene rings is 1. The second kappa shape index (κ2) is 5.77. The number of nitrogens with one attached hydrogen (secondary N) is 1. The number of hydrogen-bond acceptors (Lipinski definition) is 3. The molecule has 0 aliphatic heterocycles. The van der Waals surface area contributed by atoms with E-state index in [0.29, 0.717) is 0 Å². The van der Waals surface area contributed by atoms with Gasteiger partial charge in [-0.1, -0.05) is 12.1 Å². The van der Waals surface area contributed by atoms with E-state index in [1.807, 2.05) is 26.0 Å². The molecule has 0 aliphatic rings. The Hall–Kier alpha value is -2.30. The summed E-state index contributed by atoms with van der Waals surface area (Å²) in [6, 6.07) is 3.94. The highest BCUT2D eigenvalue weighted by Crippen LogP contribution is 2.26. The van der Waals surface area contributed by atoms with Crippen molar-refractivity contribution in [2.45, 2.75) is 26.7 Å². The van der Waals surface area contributed by atoms with Gasteiger partial charge in [0.1, 0.15) is 5.58 Å². The summed E-state index contributed by atoms with van der Waals surface area (Å²) in [5.41, 5.74) is 3.83. The van der Waals surface area contributed by atoms with Crippen LogP contribution in [0, 0.1) is 13.8 Å². The first-order chi connectivity index (χ1) is 9.49. The van der Waals surface area contributed by atoms with Gasteiger partial charge in [0.15, 0.2) is 0 Å². The van der Waals surface area contributed by atoms with Crippen LogP contribution < -0.4 is 5.32 Å². The van der Waals surface area contributed by atoms with Crippen molar-refractivity contribution in [2.75, 3.05) is 6.54 Å². The number of carboxylic acids is 1. The minimum atomic E-state index is -0.926. The van der Waals surface area contributed by atoms with Gasteiger partial charge in [-0.25, -0.2) is 0 Å². The van der Waals surface area contributed by atoms with E-state index >= 15 is 0 Å². The molecule has 1 aromatic carbocycles. The van der Waals surface area contributed by atoms with Crippen LogP contribution in [0.1, 0.15) is 23.1 Å². The van der Waals surface area contributed by atoms with E-state index in [0.717, 1.165) is 27.7 Å². The molecule has 0 fully saturated rings. The Morgan fingerprint density at radius 3 is 2.75 bits per heavy atom. The molecule has 0 aliphatic carbocycles. The Kier molecular flexibility index (Phi) is 4.08. The molecule has 0 spiro atoms. The van der Waals surface area contributed by atoms with E-state index in [9.17, 15) is 9.59 Å². The maximum atomic E-state index is 11.7. The fourth-order valence-electron chi connectivity index (χ4n) is 2.07. The molecule has 0 saturated carbocycles. The number of carbonyl (C=O) groups excluding carboxylic acids is 1. The molecule has 2 aromatic rings. The van der Waals surface area contributed by atoms with E-state index in [-0.39, 0.29) is 25.3 Å². The van der Waals surface area contributed by atoms with Crippen molar-refractivity contribution in [2.24, 2.45) is 0 Å². The van der Waals surface area contributed by atoms with Crippen LogP contribution in [0.3, 0.4) is 0 Å². The summed E-state index contributed by atoms with van der Waals surface area (Å²) < 4.78 is 5.53. The largest absolute Gasteiger partial charge is 0.481 e. The Morgan fingerprint density at radius 1 is 1.30 bits per heavy atom. The molecule has 0 saturated heterocycles. The lowest BCUT2D eigenvalue weighted by Crippen LogP contribution is -2.27. The fourth-order valence-corrected chi connectivity index (χ4v) is 2.07. The van der Waals surface area contributed by atoms with Gasteiger partial charge in [-0.15, -0.1) is 0 Å². The summed E-state index contributed by atoms with van der Waals surface area (Å²) in [5, 5.41) is 12.0. The van der Waals surface area contributed by atoms with Gasteiger partial charge in [-0.3, -0.25) is 9.59 Å². The number of carboxylic acid groups (broad SMARTS) is 1. The van der Waals surface area contributed by atoms with Crippen molar-refractivity contribution in [1.82, 2.24) is 5.32 Å². The maximum absolute atomic E-state index is 11.7. The van der Waals surface area contributed by atoms with Gasteiger partial charge >= 0.3 is 5.97 Å². The Bertz CT molecular complexity index is 657. The van der Waals surface area contributed by atoms with Crippen LogP contribution >= 0.6 is 0 Å². The van der Waals surface area contributed by atoms with Gasteiger partial charge < -0.3 is 14.8 Å². The van der Waals surface area contributed by atoms with Gasteiger partial charge in [0.25, 0.3) is 0 Å². The average Bonchev–Trinajstić information content (AvgIpc) is 2.77. The Balaban J connectivity index is 2.09. The third-order valence-corrected chi connectivity index (χ3v) is 3.35. The van der Waals surface area contributed by atoms with Crippen LogP contribution in [-0.4, -0.2) is 23.5 Å². The molecular weight excluding hydrogens is 258 g/mol. The predicted octanol–water partition coefficient (Wildman–Crippen LogP) is 2.18. The first kappa shape index (κ1) is 14.1. The highest BCUT2D eigenvalue weighted by molar-refractivity contribution is 5.89. The third-order valence-electron chi connectivity index (χ3n) is 3.35. The number of aliphatic carboxylic acids is 1. The lowest BCUT2D eigenvalue weighted by Gasteiger charge is -2.03. The molecule has 5 heteroatoms. The van der Waals surface area contributed by atoms with Crippen molar-refractivity contribution < 1.29 is 19.1 Å². The van der Waals surface area contributed by atoms with Crippen LogP contribution in [0.25, 0.3) is 11.0 Å². The zero-order valence-electron chi connectivity index (χ0n) is 11.5. The standard InChI is InChI=1S/C15H17NO4/c1-9-3-4-12-11(8-20-15(12)10(9)2)7-13(17)16-6-5-14(18)19/h3-4,8H,5-7H2,1-2H3,(H,16,17)(H,18,19). The molecule has 1 aromatic heterocycles. The van der Waals surface area contributed by atoms with Crippen molar-refractivity contribution in [3.8, 4) is 0 Å². The smallest absolute Gasteiger partial charge is 0.305 e. The molecule has 20 heavy (non-hydrogen) atoms. The number of rotatable bonds is 5. The molecule has 0 radical (unpaired) electrons. The number of carbonyl (C=O) groups is 2. The molecule has 106 valence electrons. The van der Waals surface area contributed by atoms with Gasteiger partial charge in [0.05, 0.1) is 19.1 Å². The number of amides is 1. The van der Waals surface area contributed by atoms with Crippen molar-refractivity contribution in [1.29, 1.82) is 0 Å². The minimum absolute atomic E-state index is 0.0732. The molecule has 0 unspecified atom stereocenters. The lowest BCUT2D eigenvalue weighted by molar-refractivity contribution is -0.136. The summed E-state index contributed by atoms with van der Waals surface area (Å²) in [6.45, 7) is 4.13. The number of fused-ring (bicyclic) bond motifs is 1. The SMILES string of the molecule is Cc1ccc2c(CC(=O)NCCC(=O)O)coc2c1C. The van der Waals surface area contributed by atoms with Crippen LogP contribution in [0.15, 0.2) is 22.8 Å². The maximum Gasteiger partial charge on any atom is 0.305 e. The number of aryl methyl sites for hydroxylation is 2. The lowest BCUT2D eigenvalue weighted by atomic mass is 10.0. The van der Waals surface area contributed by atoms with E-state index < -0.39 is 5.97 Å². The topological polar surface area (TPSA) is 79.5 Å². The Morgan fingerprint density at radius 2 is 2.05 bits per heavy atom. The minimum Gasteiger partial charge on any atom is -0.481 e. The summed E-state index contributed by atoms with van der Waals surface area (Å²) in [4.78, 5) is 22.1. The summed E-state index contributed by atoms with van der Waals surface area (Å²) in [6.07, 6.45) is 1.71. The zero-order valence-corrected chi connectivity index (χ0v) is 11.5. The molecule has 1 amide bonds. The molecule has 0 atom stereocenters. The Labute approximate surface area is 116 Å². The van der Waals surface area contributed by atoms with Gasteiger partial charge in [-0.05, 0) is 25.0 Å². The highest BCUT2D eigenvalue weighted by atomic mass is 16.4. The van der Waals surface area contributed by atoms with Crippen molar-refractivity contribution in [3.63, 3.8) is 0 Å². The van der Waals surface area contributed by atoms with E-state index in [1.54, 1.807) is 6.26 Å². The summed E-state index contributed by atoms with van der Waals surface area (Å²) in [7, 11) is 0. The summed E-state index contributed by atoms with van der Waals surface area (Å²) in [5.74, 6) is -1.13. The van der Waals surface area contributed by atoms with E-state index in [2.05, 4.69) is 5.32 Å². The van der Waals surface area contributed by atoms with Crippen molar-refractivity contribution >= 4 is 22.8 Å². The third kappa shape index (κ3) is 2.99. The fraction of sp³-hybridized carbons (Fsp3) is 0.333. The molecule has 5 nitrogen and oxygen atoms in total. The van der Waals surface area contributed by atoms with Gasteiger partial charge in [0, 0.05) is 17.5 Å². The normalized spacial score (nSPS) is 10.7. The second-order valence-electron chi connectivity index (χ2n) is 4.82. The first-order valence-electron chi connectivity index (χ1n) is 6.44. The average molecular weight is 275 g/mol. The quantitative estimate of drug-likeness (QED) is 0.876. The molecule has 2 rings (SSSR count). The first-order valence-corrected chi connectivity index (χ1v) is 6.44. The van der Waals surface area contributed by atoms with Crippen molar-refractivity contribution in [3.05, 3.63) is 35.1 Å². The highest BCUT2D eigenvalue weighted by Gasteiger charge is 2.12. The van der Waals surface area contributed by atoms with Gasteiger partial charge in [0.2, 0.25) is 5.91 Å². The van der Waals surface area contributed by atoms with E-state index in [4.69, 9.17) is 9.52 Å². The van der Waals surface area contributed by atoms with Crippen LogP contribution in [0.2, 0.25) is 0 Å². The zero-order chi connectivity index (χ0) is 14.7. The second-order valence-corrected chi connectivity index (χ2v) is 4.82. The van der Waals surface area contributed by atoms with E-state index in [1.165, 1.54) is 0 Å². The molecule has 0 bridgehead atoms. The molecular formula is C15H17NO4. The molecule has 2 N–H and O–H groups in total. The van der Waals surface area contributed by atoms with Gasteiger partial charge in [-0.2, -0.15) is 0 Å². The summed E-state index contributed by atoms with van der Waals surface area (Å²) >= 11 is 0. The number of furan rings is 1. The number of hydrogen-bond donors (Lipinski definition) is 2. The van der Waals surface area contributed by atoms with Crippen LogP contribution in [0.4, 0.5) is 0 Å². The molecule has 1 heterocycles. The predicted molar refractivity (Wildman–Crippen MR) is 74.7 cm³/mol.